The number of fused-ring (bicyclic) bond motifs is 1. The van der Waals surface area contributed by atoms with Gasteiger partial charge in [0.2, 0.25) is 0 Å². The summed E-state index contributed by atoms with van der Waals surface area (Å²) >= 11 is 3.46. The lowest BCUT2D eigenvalue weighted by Gasteiger charge is -2.16. The average molecular weight is 429 g/mol. The Labute approximate surface area is 164 Å². The van der Waals surface area contributed by atoms with E-state index in [0.29, 0.717) is 5.52 Å². The number of hydrogen-bond acceptors (Lipinski definition) is 4. The number of carbonyl (C=O) groups is 2. The van der Waals surface area contributed by atoms with Gasteiger partial charge in [-0.3, -0.25) is 4.98 Å². The molecule has 0 saturated heterocycles. The number of benzene rings is 2. The Balaban J connectivity index is 1.70. The number of aliphatic carboxylic acids is 1. The zero-order valence-electron chi connectivity index (χ0n) is 14.3. The second kappa shape index (κ2) is 8.64. The van der Waals surface area contributed by atoms with Crippen LogP contribution in [-0.4, -0.2) is 28.2 Å². The molecular formula is C20H17BrN2O4. The lowest BCUT2D eigenvalue weighted by atomic mass is 10.0. The smallest absolute Gasteiger partial charge is 0.408 e. The zero-order valence-corrected chi connectivity index (χ0v) is 15.8. The number of ether oxygens (including phenoxy) is 1. The van der Waals surface area contributed by atoms with Gasteiger partial charge in [-0.05, 0) is 23.3 Å². The molecular weight excluding hydrogens is 412 g/mol. The van der Waals surface area contributed by atoms with Crippen LogP contribution in [0.15, 0.2) is 65.3 Å². The number of alkyl carbamates (subject to hydrolysis) is 1. The molecule has 0 bridgehead atoms. The number of nitrogens with zero attached hydrogens (tertiary/aromatic N) is 1. The summed E-state index contributed by atoms with van der Waals surface area (Å²) in [5.74, 6) is -1.14. The van der Waals surface area contributed by atoms with Gasteiger partial charge < -0.3 is 15.2 Å². The summed E-state index contributed by atoms with van der Waals surface area (Å²) in [4.78, 5) is 28.0. The largest absolute Gasteiger partial charge is 0.480 e. The monoisotopic (exact) mass is 428 g/mol. The van der Waals surface area contributed by atoms with Gasteiger partial charge in [-0.2, -0.15) is 0 Å². The molecule has 1 aromatic heterocycles. The third-order valence-electron chi connectivity index (χ3n) is 4.03. The third kappa shape index (κ3) is 4.83. The first-order valence-corrected chi connectivity index (χ1v) is 9.06. The Morgan fingerprint density at radius 2 is 1.89 bits per heavy atom. The summed E-state index contributed by atoms with van der Waals surface area (Å²) in [6.45, 7) is 0.0712. The average Bonchev–Trinajstić information content (AvgIpc) is 2.69. The number of pyridine rings is 1. The molecule has 0 radical (unpaired) electrons. The van der Waals surface area contributed by atoms with Crippen LogP contribution in [0.5, 0.6) is 0 Å². The molecule has 3 aromatic rings. The van der Waals surface area contributed by atoms with Gasteiger partial charge in [0.05, 0.1) is 5.52 Å². The maximum atomic E-state index is 12.0. The predicted molar refractivity (Wildman–Crippen MR) is 104 cm³/mol. The predicted octanol–water partition coefficient (Wildman–Crippen LogP) is 3.92. The summed E-state index contributed by atoms with van der Waals surface area (Å²) < 4.78 is 5.99. The molecule has 0 aliphatic rings. The van der Waals surface area contributed by atoms with Crippen molar-refractivity contribution in [1.29, 1.82) is 0 Å². The van der Waals surface area contributed by atoms with Crippen molar-refractivity contribution in [3.05, 3.63) is 76.4 Å². The number of carboxylic acid groups (broad SMARTS) is 1. The van der Waals surface area contributed by atoms with Gasteiger partial charge in [-0.15, -0.1) is 0 Å². The first kappa shape index (κ1) is 18.8. The number of amides is 1. The first-order chi connectivity index (χ1) is 13.0. The van der Waals surface area contributed by atoms with Crippen LogP contribution >= 0.6 is 15.9 Å². The van der Waals surface area contributed by atoms with Crippen molar-refractivity contribution in [2.45, 2.75) is 19.1 Å². The van der Waals surface area contributed by atoms with Crippen molar-refractivity contribution >= 4 is 38.9 Å². The minimum atomic E-state index is -1.14. The Kier molecular flexibility index (Phi) is 6.03. The fraction of sp³-hybridized carbons (Fsp3) is 0.150. The number of aromatic nitrogens is 1. The van der Waals surface area contributed by atoms with Crippen molar-refractivity contribution in [3.63, 3.8) is 0 Å². The Morgan fingerprint density at radius 3 is 2.63 bits per heavy atom. The van der Waals surface area contributed by atoms with Crippen molar-refractivity contribution < 1.29 is 19.4 Å². The van der Waals surface area contributed by atoms with Gasteiger partial charge in [0.25, 0.3) is 0 Å². The van der Waals surface area contributed by atoms with E-state index < -0.39 is 18.1 Å². The molecule has 6 nitrogen and oxygen atoms in total. The Hall–Kier alpha value is -2.93. The molecule has 0 saturated carbocycles. The minimum absolute atomic E-state index is 0.0712. The molecule has 0 fully saturated rings. The molecule has 0 aliphatic heterocycles. The van der Waals surface area contributed by atoms with Gasteiger partial charge in [-0.1, -0.05) is 58.4 Å². The highest BCUT2D eigenvalue weighted by atomic mass is 79.9. The molecule has 2 N–H and O–H groups in total. The molecule has 1 heterocycles. The van der Waals surface area contributed by atoms with Gasteiger partial charge in [0.1, 0.15) is 12.6 Å². The number of nitrogens with one attached hydrogen (secondary N) is 1. The molecule has 138 valence electrons. The third-order valence-corrected chi connectivity index (χ3v) is 4.72. The number of carbonyl (C=O) groups excluding carboxylic acids is 1. The molecule has 0 unspecified atom stereocenters. The highest BCUT2D eigenvalue weighted by Gasteiger charge is 2.22. The van der Waals surface area contributed by atoms with Gasteiger partial charge in [0, 0.05) is 22.5 Å². The lowest BCUT2D eigenvalue weighted by molar-refractivity contribution is -0.139. The van der Waals surface area contributed by atoms with Gasteiger partial charge in [0.15, 0.2) is 0 Å². The molecule has 1 amide bonds. The molecule has 2 aromatic carbocycles. The summed E-state index contributed by atoms with van der Waals surface area (Å²) in [5.41, 5.74) is 2.24. The van der Waals surface area contributed by atoms with Crippen LogP contribution in [0.4, 0.5) is 4.79 Å². The summed E-state index contributed by atoms with van der Waals surface area (Å²) in [7, 11) is 0. The Morgan fingerprint density at radius 1 is 1.11 bits per heavy atom. The van der Waals surface area contributed by atoms with Crippen molar-refractivity contribution in [2.75, 3.05) is 0 Å². The highest BCUT2D eigenvalue weighted by molar-refractivity contribution is 9.10. The van der Waals surface area contributed by atoms with E-state index in [1.807, 2.05) is 48.5 Å². The van der Waals surface area contributed by atoms with E-state index in [0.717, 1.165) is 21.0 Å². The van der Waals surface area contributed by atoms with Crippen LogP contribution in [0.25, 0.3) is 10.9 Å². The standard InChI is InChI=1S/C20H17BrN2O4/c21-16-9-8-14(18-15(16)7-4-10-22-18)11-17(19(24)25)23-20(26)27-12-13-5-2-1-3-6-13/h1-10,17H,11-12H2,(H,23,26)(H,24,25)/t17-/m1/s1. The van der Waals surface area contributed by atoms with Crippen LogP contribution < -0.4 is 5.32 Å². The van der Waals surface area contributed by atoms with E-state index in [4.69, 9.17) is 4.74 Å². The maximum absolute atomic E-state index is 12.0. The lowest BCUT2D eigenvalue weighted by Crippen LogP contribution is -2.42. The molecule has 7 heteroatoms. The molecule has 27 heavy (non-hydrogen) atoms. The van der Waals surface area contributed by atoms with E-state index in [1.165, 1.54) is 0 Å². The van der Waals surface area contributed by atoms with Crippen LogP contribution in [0.1, 0.15) is 11.1 Å². The van der Waals surface area contributed by atoms with E-state index in [9.17, 15) is 14.7 Å². The Bertz CT molecular complexity index is 963. The highest BCUT2D eigenvalue weighted by Crippen LogP contribution is 2.26. The van der Waals surface area contributed by atoms with E-state index in [2.05, 4.69) is 26.2 Å². The number of rotatable bonds is 6. The normalized spacial score (nSPS) is 11.7. The molecule has 3 rings (SSSR count). The van der Waals surface area contributed by atoms with E-state index in [-0.39, 0.29) is 13.0 Å². The van der Waals surface area contributed by atoms with Crippen LogP contribution in [-0.2, 0) is 22.6 Å². The number of halogens is 1. The fourth-order valence-corrected chi connectivity index (χ4v) is 3.14. The van der Waals surface area contributed by atoms with Crippen molar-refractivity contribution in [1.82, 2.24) is 10.3 Å². The van der Waals surface area contributed by atoms with Gasteiger partial charge >= 0.3 is 12.1 Å². The molecule has 0 aliphatic carbocycles. The van der Waals surface area contributed by atoms with Gasteiger partial charge in [-0.25, -0.2) is 9.59 Å². The summed E-state index contributed by atoms with van der Waals surface area (Å²) in [6.07, 6.45) is 0.965. The zero-order chi connectivity index (χ0) is 19.2. The van der Waals surface area contributed by atoms with Crippen molar-refractivity contribution in [2.24, 2.45) is 0 Å². The molecule has 1 atom stereocenters. The SMILES string of the molecule is O=C(N[C@H](Cc1ccc(Br)c2cccnc12)C(=O)O)OCc1ccccc1. The summed E-state index contributed by atoms with van der Waals surface area (Å²) in [6, 6.07) is 15.4. The van der Waals surface area contributed by atoms with Crippen LogP contribution in [0.3, 0.4) is 0 Å². The second-order valence-corrected chi connectivity index (χ2v) is 6.76. The fourth-order valence-electron chi connectivity index (χ4n) is 2.69. The summed E-state index contributed by atoms with van der Waals surface area (Å²) in [5, 5.41) is 12.8. The minimum Gasteiger partial charge on any atom is -0.480 e. The van der Waals surface area contributed by atoms with E-state index >= 15 is 0 Å². The van der Waals surface area contributed by atoms with Crippen LogP contribution in [0.2, 0.25) is 0 Å². The van der Waals surface area contributed by atoms with Crippen LogP contribution in [0, 0.1) is 0 Å². The molecule has 0 spiro atoms. The van der Waals surface area contributed by atoms with Crippen molar-refractivity contribution in [3.8, 4) is 0 Å². The van der Waals surface area contributed by atoms with E-state index in [1.54, 1.807) is 12.3 Å². The second-order valence-electron chi connectivity index (χ2n) is 5.91. The maximum Gasteiger partial charge on any atom is 0.408 e. The number of carboxylic acids is 1. The topological polar surface area (TPSA) is 88.5 Å². The quantitative estimate of drug-likeness (QED) is 0.620. The first-order valence-electron chi connectivity index (χ1n) is 8.26. The number of hydrogen-bond donors (Lipinski definition) is 2.